The summed E-state index contributed by atoms with van der Waals surface area (Å²) in [4.78, 5) is 23.0. The van der Waals surface area contributed by atoms with E-state index in [0.717, 1.165) is 0 Å². The largest absolute Gasteiger partial charge is 0.481 e. The van der Waals surface area contributed by atoms with E-state index in [0.29, 0.717) is 4.90 Å². The third kappa shape index (κ3) is 3.74. The first kappa shape index (κ1) is 15.6. The highest BCUT2D eigenvalue weighted by Crippen LogP contribution is 2.37. The molecule has 1 rings (SSSR count). The Morgan fingerprint density at radius 1 is 1.26 bits per heavy atom. The van der Waals surface area contributed by atoms with Crippen molar-refractivity contribution in [2.24, 2.45) is 5.92 Å². The van der Waals surface area contributed by atoms with E-state index in [1.54, 1.807) is 0 Å². The Balaban J connectivity index is 2.95. The number of nitrogens with zero attached hydrogens (tertiary/aromatic N) is 1. The summed E-state index contributed by atoms with van der Waals surface area (Å²) < 4.78 is 43.6. The molecule has 2 atom stereocenters. The minimum Gasteiger partial charge on any atom is -0.481 e. The van der Waals surface area contributed by atoms with Crippen LogP contribution in [-0.2, 0) is 9.53 Å². The number of carboxylic acids is 1. The summed E-state index contributed by atoms with van der Waals surface area (Å²) in [5.41, 5.74) is -0.936. The number of alkyl halides is 3. The Labute approximate surface area is 108 Å². The Hall–Kier alpha value is -1.47. The molecule has 0 saturated carbocycles. The fraction of sp³-hybridized carbons (Fsp3) is 0.818. The predicted molar refractivity (Wildman–Crippen MR) is 58.5 cm³/mol. The van der Waals surface area contributed by atoms with E-state index in [9.17, 15) is 22.8 Å². The quantitative estimate of drug-likeness (QED) is 0.801. The van der Waals surface area contributed by atoms with E-state index in [4.69, 9.17) is 9.84 Å². The van der Waals surface area contributed by atoms with Gasteiger partial charge in [0.1, 0.15) is 11.6 Å². The first-order valence-electron chi connectivity index (χ1n) is 5.72. The molecule has 0 aromatic heterocycles. The van der Waals surface area contributed by atoms with Gasteiger partial charge < -0.3 is 9.84 Å². The molecule has 0 bridgehead atoms. The summed E-state index contributed by atoms with van der Waals surface area (Å²) in [5.74, 6) is -3.21. The fourth-order valence-electron chi connectivity index (χ4n) is 1.98. The van der Waals surface area contributed by atoms with Crippen LogP contribution in [0.15, 0.2) is 0 Å². The molecule has 1 N–H and O–H groups in total. The highest BCUT2D eigenvalue weighted by molar-refractivity contribution is 5.75. The average molecular weight is 283 g/mol. The summed E-state index contributed by atoms with van der Waals surface area (Å²) in [6.07, 6.45) is -6.17. The zero-order chi connectivity index (χ0) is 15.0. The molecule has 1 aliphatic heterocycles. The molecular weight excluding hydrogens is 267 g/mol. The monoisotopic (exact) mass is 283 g/mol. The van der Waals surface area contributed by atoms with Crippen molar-refractivity contribution in [3.63, 3.8) is 0 Å². The lowest BCUT2D eigenvalue weighted by Gasteiger charge is -2.30. The molecule has 8 heteroatoms. The lowest BCUT2D eigenvalue weighted by atomic mass is 10.0. The Kier molecular flexibility index (Phi) is 4.02. The molecule has 0 aromatic rings. The molecule has 110 valence electrons. The van der Waals surface area contributed by atoms with Crippen LogP contribution < -0.4 is 0 Å². The number of aliphatic carboxylic acids is 1. The van der Waals surface area contributed by atoms with Gasteiger partial charge in [0.2, 0.25) is 0 Å². The second-order valence-electron chi connectivity index (χ2n) is 5.39. The molecular formula is C11H16F3NO4. The van der Waals surface area contributed by atoms with Crippen LogP contribution in [0.25, 0.3) is 0 Å². The minimum absolute atomic E-state index is 0.237. The Morgan fingerprint density at radius 3 is 2.16 bits per heavy atom. The molecule has 0 aliphatic carbocycles. The van der Waals surface area contributed by atoms with Crippen molar-refractivity contribution < 1.29 is 32.6 Å². The molecule has 1 heterocycles. The van der Waals surface area contributed by atoms with Crippen LogP contribution in [0.5, 0.6) is 0 Å². The second kappa shape index (κ2) is 4.90. The van der Waals surface area contributed by atoms with Crippen molar-refractivity contribution in [3.05, 3.63) is 0 Å². The molecule has 1 saturated heterocycles. The first-order chi connectivity index (χ1) is 8.43. The van der Waals surface area contributed by atoms with E-state index in [1.165, 1.54) is 20.8 Å². The summed E-state index contributed by atoms with van der Waals surface area (Å²) >= 11 is 0. The summed E-state index contributed by atoms with van der Waals surface area (Å²) in [7, 11) is 0. The molecule has 1 aliphatic rings. The average Bonchev–Trinajstić information content (AvgIpc) is 2.57. The number of amides is 1. The SMILES string of the molecule is CC(C)(C)OC(=O)N1CCC(C(=O)O)C1C(F)(F)F. The van der Waals surface area contributed by atoms with Gasteiger partial charge in [-0.25, -0.2) is 4.79 Å². The molecule has 0 aromatic carbocycles. The van der Waals surface area contributed by atoms with Gasteiger partial charge in [-0.05, 0) is 27.2 Å². The fourth-order valence-corrected chi connectivity index (χ4v) is 1.98. The number of carbonyl (C=O) groups is 2. The van der Waals surface area contributed by atoms with Crippen LogP contribution in [0.3, 0.4) is 0 Å². The lowest BCUT2D eigenvalue weighted by molar-refractivity contribution is -0.189. The molecule has 1 fully saturated rings. The van der Waals surface area contributed by atoms with Crippen LogP contribution in [0, 0.1) is 5.92 Å². The molecule has 19 heavy (non-hydrogen) atoms. The number of hydrogen-bond donors (Lipinski definition) is 1. The maximum absolute atomic E-state index is 12.9. The molecule has 0 spiro atoms. The zero-order valence-corrected chi connectivity index (χ0v) is 10.8. The topological polar surface area (TPSA) is 66.8 Å². The summed E-state index contributed by atoms with van der Waals surface area (Å²) in [6.45, 7) is 4.30. The third-order valence-electron chi connectivity index (χ3n) is 2.68. The number of carbonyl (C=O) groups excluding carboxylic acids is 1. The number of ether oxygens (including phenoxy) is 1. The van der Waals surface area contributed by atoms with Crippen LogP contribution >= 0.6 is 0 Å². The number of rotatable bonds is 1. The number of halogens is 3. The highest BCUT2D eigenvalue weighted by atomic mass is 19.4. The standard InChI is InChI=1S/C11H16F3NO4/c1-10(2,3)19-9(18)15-5-4-6(8(16)17)7(15)11(12,13)14/h6-7H,4-5H2,1-3H3,(H,16,17). The van der Waals surface area contributed by atoms with E-state index in [-0.39, 0.29) is 13.0 Å². The summed E-state index contributed by atoms with van der Waals surface area (Å²) in [5, 5.41) is 8.80. The van der Waals surface area contributed by atoms with Crippen LogP contribution in [-0.4, -0.2) is 46.4 Å². The van der Waals surface area contributed by atoms with Gasteiger partial charge in [-0.3, -0.25) is 9.69 Å². The van der Waals surface area contributed by atoms with Crippen molar-refractivity contribution >= 4 is 12.1 Å². The van der Waals surface area contributed by atoms with Gasteiger partial charge in [0.25, 0.3) is 0 Å². The number of hydrogen-bond acceptors (Lipinski definition) is 3. The van der Waals surface area contributed by atoms with Crippen LogP contribution in [0.2, 0.25) is 0 Å². The highest BCUT2D eigenvalue weighted by Gasteiger charge is 2.56. The molecule has 0 radical (unpaired) electrons. The minimum atomic E-state index is -4.80. The van der Waals surface area contributed by atoms with E-state index in [1.807, 2.05) is 0 Å². The lowest BCUT2D eigenvalue weighted by Crippen LogP contribution is -2.50. The molecule has 1 amide bonds. The molecule has 5 nitrogen and oxygen atoms in total. The smallest absolute Gasteiger partial charge is 0.410 e. The van der Waals surface area contributed by atoms with Crippen molar-refractivity contribution in [2.45, 2.75) is 45.0 Å². The van der Waals surface area contributed by atoms with Crippen molar-refractivity contribution in [1.82, 2.24) is 4.90 Å². The van der Waals surface area contributed by atoms with Gasteiger partial charge in [-0.15, -0.1) is 0 Å². The maximum Gasteiger partial charge on any atom is 0.410 e. The van der Waals surface area contributed by atoms with Gasteiger partial charge in [-0.2, -0.15) is 13.2 Å². The first-order valence-corrected chi connectivity index (χ1v) is 5.72. The van der Waals surface area contributed by atoms with Crippen LogP contribution in [0.4, 0.5) is 18.0 Å². The van der Waals surface area contributed by atoms with Crippen molar-refractivity contribution in [2.75, 3.05) is 6.54 Å². The van der Waals surface area contributed by atoms with Crippen LogP contribution in [0.1, 0.15) is 27.2 Å². The number of likely N-dealkylation sites (tertiary alicyclic amines) is 1. The van der Waals surface area contributed by atoms with E-state index < -0.39 is 35.8 Å². The second-order valence-corrected chi connectivity index (χ2v) is 5.39. The molecule has 2 unspecified atom stereocenters. The van der Waals surface area contributed by atoms with Crippen molar-refractivity contribution in [1.29, 1.82) is 0 Å². The predicted octanol–water partition coefficient (Wildman–Crippen LogP) is 2.26. The van der Waals surface area contributed by atoms with Gasteiger partial charge in [0.15, 0.2) is 0 Å². The van der Waals surface area contributed by atoms with Crippen molar-refractivity contribution in [3.8, 4) is 0 Å². The maximum atomic E-state index is 12.9. The normalized spacial score (nSPS) is 24.4. The van der Waals surface area contributed by atoms with Gasteiger partial charge in [0, 0.05) is 6.54 Å². The zero-order valence-electron chi connectivity index (χ0n) is 10.8. The van der Waals surface area contributed by atoms with Gasteiger partial charge >= 0.3 is 18.2 Å². The number of carboxylic acid groups (broad SMARTS) is 1. The van der Waals surface area contributed by atoms with E-state index in [2.05, 4.69) is 0 Å². The Morgan fingerprint density at radius 2 is 1.79 bits per heavy atom. The van der Waals surface area contributed by atoms with Gasteiger partial charge in [-0.1, -0.05) is 0 Å². The summed E-state index contributed by atoms with van der Waals surface area (Å²) in [6, 6.07) is -2.33. The Bertz CT molecular complexity index is 375. The van der Waals surface area contributed by atoms with E-state index >= 15 is 0 Å². The third-order valence-corrected chi connectivity index (χ3v) is 2.68. The van der Waals surface area contributed by atoms with Gasteiger partial charge in [0.05, 0.1) is 5.92 Å².